The SMILES string of the molecule is CCC1(C(=O)O)CCCN(C(C)C(C)O)C1. The third kappa shape index (κ3) is 2.55. The van der Waals surface area contributed by atoms with Crippen molar-refractivity contribution in [2.75, 3.05) is 13.1 Å². The highest BCUT2D eigenvalue weighted by molar-refractivity contribution is 5.75. The maximum Gasteiger partial charge on any atom is 0.310 e. The number of likely N-dealkylation sites (tertiary alicyclic amines) is 1. The first-order chi connectivity index (χ1) is 7.43. The van der Waals surface area contributed by atoms with Crippen LogP contribution in [0, 0.1) is 5.41 Å². The Bertz CT molecular complexity index is 255. The first-order valence-corrected chi connectivity index (χ1v) is 6.08. The molecule has 0 aliphatic carbocycles. The molecule has 4 heteroatoms. The summed E-state index contributed by atoms with van der Waals surface area (Å²) >= 11 is 0. The van der Waals surface area contributed by atoms with Crippen LogP contribution in [0.25, 0.3) is 0 Å². The first kappa shape index (κ1) is 13.5. The lowest BCUT2D eigenvalue weighted by molar-refractivity contribution is -0.154. The molecule has 2 N–H and O–H groups in total. The second kappa shape index (κ2) is 5.15. The summed E-state index contributed by atoms with van der Waals surface area (Å²) in [5.74, 6) is -0.697. The quantitative estimate of drug-likeness (QED) is 0.763. The monoisotopic (exact) mass is 229 g/mol. The van der Waals surface area contributed by atoms with Gasteiger partial charge in [0, 0.05) is 12.6 Å². The van der Waals surface area contributed by atoms with Crippen molar-refractivity contribution in [1.29, 1.82) is 0 Å². The van der Waals surface area contributed by atoms with Gasteiger partial charge >= 0.3 is 5.97 Å². The smallest absolute Gasteiger partial charge is 0.310 e. The second-order valence-corrected chi connectivity index (χ2v) is 4.99. The van der Waals surface area contributed by atoms with E-state index < -0.39 is 17.5 Å². The van der Waals surface area contributed by atoms with Crippen LogP contribution in [0.4, 0.5) is 0 Å². The number of hydrogen-bond donors (Lipinski definition) is 2. The highest BCUT2D eigenvalue weighted by Crippen LogP contribution is 2.34. The molecule has 1 heterocycles. The lowest BCUT2D eigenvalue weighted by atomic mass is 9.77. The van der Waals surface area contributed by atoms with E-state index in [9.17, 15) is 15.0 Å². The lowest BCUT2D eigenvalue weighted by Gasteiger charge is -2.42. The standard InChI is InChI=1S/C12H23NO3/c1-4-12(11(15)16)6-5-7-13(8-12)9(2)10(3)14/h9-10,14H,4-8H2,1-3H3,(H,15,16). The molecule has 16 heavy (non-hydrogen) atoms. The van der Waals surface area contributed by atoms with E-state index in [4.69, 9.17) is 0 Å². The van der Waals surface area contributed by atoms with E-state index >= 15 is 0 Å². The normalized spacial score (nSPS) is 31.0. The molecule has 0 bridgehead atoms. The molecule has 1 saturated heterocycles. The number of hydrogen-bond acceptors (Lipinski definition) is 3. The van der Waals surface area contributed by atoms with Gasteiger partial charge in [0.15, 0.2) is 0 Å². The molecule has 94 valence electrons. The van der Waals surface area contributed by atoms with Crippen LogP contribution in [0.1, 0.15) is 40.0 Å². The van der Waals surface area contributed by atoms with Crippen LogP contribution in [0.3, 0.4) is 0 Å². The summed E-state index contributed by atoms with van der Waals surface area (Å²) in [6.07, 6.45) is 1.89. The lowest BCUT2D eigenvalue weighted by Crippen LogP contribution is -2.52. The molecule has 0 aromatic rings. The van der Waals surface area contributed by atoms with Gasteiger partial charge in [0.2, 0.25) is 0 Å². The molecule has 4 nitrogen and oxygen atoms in total. The molecule has 1 aliphatic heterocycles. The average Bonchev–Trinajstić information content (AvgIpc) is 2.27. The minimum absolute atomic E-state index is 0.0329. The molecule has 0 spiro atoms. The minimum atomic E-state index is -0.697. The molecule has 3 unspecified atom stereocenters. The highest BCUT2D eigenvalue weighted by Gasteiger charge is 2.42. The summed E-state index contributed by atoms with van der Waals surface area (Å²) in [4.78, 5) is 13.5. The predicted molar refractivity (Wildman–Crippen MR) is 62.3 cm³/mol. The van der Waals surface area contributed by atoms with Crippen molar-refractivity contribution in [3.8, 4) is 0 Å². The van der Waals surface area contributed by atoms with E-state index in [1.54, 1.807) is 6.92 Å². The van der Waals surface area contributed by atoms with Gasteiger partial charge in [-0.3, -0.25) is 9.69 Å². The molecule has 1 aliphatic rings. The number of nitrogens with zero attached hydrogens (tertiary/aromatic N) is 1. The molecule has 1 fully saturated rings. The van der Waals surface area contributed by atoms with E-state index in [0.717, 1.165) is 19.4 Å². The predicted octanol–water partition coefficient (Wildman–Crippen LogP) is 1.33. The van der Waals surface area contributed by atoms with Crippen molar-refractivity contribution >= 4 is 5.97 Å². The van der Waals surface area contributed by atoms with Crippen LogP contribution in [-0.2, 0) is 4.79 Å². The number of carbonyl (C=O) groups is 1. The fourth-order valence-electron chi connectivity index (χ4n) is 2.43. The second-order valence-electron chi connectivity index (χ2n) is 4.99. The summed E-state index contributed by atoms with van der Waals surface area (Å²) < 4.78 is 0. The Morgan fingerprint density at radius 2 is 2.12 bits per heavy atom. The minimum Gasteiger partial charge on any atom is -0.481 e. The third-order valence-corrected chi connectivity index (χ3v) is 4.01. The van der Waals surface area contributed by atoms with E-state index in [1.165, 1.54) is 0 Å². The molecule has 3 atom stereocenters. The van der Waals surface area contributed by atoms with E-state index in [0.29, 0.717) is 13.0 Å². The summed E-state index contributed by atoms with van der Waals surface area (Å²) in [7, 11) is 0. The molecular formula is C12H23NO3. The average molecular weight is 229 g/mol. The fourth-order valence-corrected chi connectivity index (χ4v) is 2.43. The maximum atomic E-state index is 11.4. The first-order valence-electron chi connectivity index (χ1n) is 6.08. The molecule has 0 saturated carbocycles. The van der Waals surface area contributed by atoms with Gasteiger partial charge in [-0.05, 0) is 39.7 Å². The molecule has 0 aromatic heterocycles. The fraction of sp³-hybridized carbons (Fsp3) is 0.917. The van der Waals surface area contributed by atoms with Crippen molar-refractivity contribution in [2.24, 2.45) is 5.41 Å². The van der Waals surface area contributed by atoms with Crippen LogP contribution in [0.5, 0.6) is 0 Å². The summed E-state index contributed by atoms with van der Waals surface area (Å²) in [6.45, 7) is 7.10. The highest BCUT2D eigenvalue weighted by atomic mass is 16.4. The van der Waals surface area contributed by atoms with E-state index in [2.05, 4.69) is 4.90 Å². The van der Waals surface area contributed by atoms with E-state index in [1.807, 2.05) is 13.8 Å². The van der Waals surface area contributed by atoms with Crippen molar-refractivity contribution in [3.63, 3.8) is 0 Å². The van der Waals surface area contributed by atoms with Gasteiger partial charge in [0.05, 0.1) is 11.5 Å². The topological polar surface area (TPSA) is 60.8 Å². The van der Waals surface area contributed by atoms with Gasteiger partial charge in [-0.2, -0.15) is 0 Å². The summed E-state index contributed by atoms with van der Waals surface area (Å²) in [5.41, 5.74) is -0.610. The number of carboxylic acid groups (broad SMARTS) is 1. The van der Waals surface area contributed by atoms with Crippen LogP contribution < -0.4 is 0 Å². The zero-order valence-electron chi connectivity index (χ0n) is 10.4. The zero-order chi connectivity index (χ0) is 12.3. The Morgan fingerprint density at radius 1 is 1.50 bits per heavy atom. The van der Waals surface area contributed by atoms with E-state index in [-0.39, 0.29) is 6.04 Å². The molecule has 0 radical (unpaired) electrons. The maximum absolute atomic E-state index is 11.4. The van der Waals surface area contributed by atoms with Crippen LogP contribution in [0.15, 0.2) is 0 Å². The summed E-state index contributed by atoms with van der Waals surface area (Å²) in [5, 5.41) is 18.9. The number of aliphatic hydroxyl groups excluding tert-OH is 1. The Kier molecular flexibility index (Phi) is 4.33. The zero-order valence-corrected chi connectivity index (χ0v) is 10.4. The Hall–Kier alpha value is -0.610. The van der Waals surface area contributed by atoms with Crippen molar-refractivity contribution in [2.45, 2.75) is 52.2 Å². The van der Waals surface area contributed by atoms with Crippen molar-refractivity contribution in [1.82, 2.24) is 4.90 Å². The Balaban J connectivity index is 2.76. The summed E-state index contributed by atoms with van der Waals surface area (Å²) in [6, 6.07) is 0.0329. The van der Waals surface area contributed by atoms with Crippen LogP contribution >= 0.6 is 0 Å². The Morgan fingerprint density at radius 3 is 2.56 bits per heavy atom. The van der Waals surface area contributed by atoms with Gasteiger partial charge in [-0.15, -0.1) is 0 Å². The van der Waals surface area contributed by atoms with Gasteiger partial charge in [0.1, 0.15) is 0 Å². The molecule has 1 rings (SSSR count). The number of piperidine rings is 1. The van der Waals surface area contributed by atoms with Gasteiger partial charge in [-0.1, -0.05) is 6.92 Å². The van der Waals surface area contributed by atoms with Crippen LogP contribution in [0.2, 0.25) is 0 Å². The number of aliphatic hydroxyl groups is 1. The number of rotatable bonds is 4. The van der Waals surface area contributed by atoms with Crippen molar-refractivity contribution in [3.05, 3.63) is 0 Å². The molecular weight excluding hydrogens is 206 g/mol. The Labute approximate surface area is 97.3 Å². The van der Waals surface area contributed by atoms with Gasteiger partial charge in [-0.25, -0.2) is 0 Å². The van der Waals surface area contributed by atoms with Gasteiger partial charge in [0.25, 0.3) is 0 Å². The van der Waals surface area contributed by atoms with Gasteiger partial charge < -0.3 is 10.2 Å². The number of carboxylic acids is 1. The van der Waals surface area contributed by atoms with Crippen molar-refractivity contribution < 1.29 is 15.0 Å². The van der Waals surface area contributed by atoms with Crippen LogP contribution in [-0.4, -0.2) is 46.3 Å². The number of aliphatic carboxylic acids is 1. The largest absolute Gasteiger partial charge is 0.481 e. The molecule has 0 amide bonds. The molecule has 0 aromatic carbocycles. The third-order valence-electron chi connectivity index (χ3n) is 4.01.